The van der Waals surface area contributed by atoms with Crippen molar-refractivity contribution in [2.75, 3.05) is 20.2 Å². The van der Waals surface area contributed by atoms with Crippen molar-refractivity contribution < 1.29 is 9.53 Å². The zero-order valence-corrected chi connectivity index (χ0v) is 15.9. The van der Waals surface area contributed by atoms with Gasteiger partial charge in [-0.05, 0) is 43.5 Å². The third-order valence-corrected chi connectivity index (χ3v) is 5.54. The number of rotatable bonds is 5. The van der Waals surface area contributed by atoms with E-state index in [9.17, 15) is 4.79 Å². The Morgan fingerprint density at radius 3 is 2.81 bits per heavy atom. The van der Waals surface area contributed by atoms with Crippen molar-refractivity contribution in [2.45, 2.75) is 51.2 Å². The van der Waals surface area contributed by atoms with Crippen LogP contribution in [0.25, 0.3) is 0 Å². The first-order valence-electron chi connectivity index (χ1n) is 9.80. The van der Waals surface area contributed by atoms with Crippen LogP contribution in [0.5, 0.6) is 5.75 Å². The Kier molecular flexibility index (Phi) is 5.38. The van der Waals surface area contributed by atoms with Gasteiger partial charge in [-0.15, -0.1) is 10.2 Å². The number of aryl methyl sites for hydroxylation is 1. The molecule has 27 heavy (non-hydrogen) atoms. The maximum Gasteiger partial charge on any atom is 0.223 e. The lowest BCUT2D eigenvalue weighted by molar-refractivity contribution is -0.132. The van der Waals surface area contributed by atoms with Gasteiger partial charge in [0, 0.05) is 19.5 Å². The molecule has 1 aromatic carbocycles. The molecule has 2 aliphatic heterocycles. The second-order valence-corrected chi connectivity index (χ2v) is 7.29. The van der Waals surface area contributed by atoms with E-state index in [0.717, 1.165) is 55.4 Å². The van der Waals surface area contributed by atoms with E-state index in [1.54, 1.807) is 7.11 Å². The number of ether oxygens (including phenoxy) is 1. The van der Waals surface area contributed by atoms with Crippen molar-refractivity contribution in [3.05, 3.63) is 41.5 Å². The van der Waals surface area contributed by atoms with E-state index in [0.29, 0.717) is 19.0 Å². The number of piperidine rings is 1. The fraction of sp³-hybridized carbons (Fsp3) is 0.550. The predicted molar refractivity (Wildman–Crippen MR) is 101 cm³/mol. The zero-order chi connectivity index (χ0) is 18.6. The van der Waals surface area contributed by atoms with E-state index < -0.39 is 0 Å². The van der Waals surface area contributed by atoms with Gasteiger partial charge in [0.05, 0.1) is 19.7 Å². The maximum absolute atomic E-state index is 12.6. The first-order chi connectivity index (χ1) is 13.2. The summed E-state index contributed by atoms with van der Waals surface area (Å²) >= 11 is 0. The number of nitrogens with one attached hydrogen (secondary N) is 1. The molecule has 1 unspecified atom stereocenters. The second kappa shape index (κ2) is 8.08. The summed E-state index contributed by atoms with van der Waals surface area (Å²) in [6, 6.07) is 8.20. The van der Waals surface area contributed by atoms with Crippen LogP contribution in [-0.2, 0) is 24.3 Å². The standard InChI is InChI=1S/C20H27N5O2/c1-27-16-8-5-15(6-9-16)7-10-19(26)24-12-13-25-18(14-24)22-23-20(25)17-4-2-3-11-21-17/h5-6,8-9,17,21H,2-4,7,10-14H2,1H3. The molecule has 2 aliphatic rings. The van der Waals surface area contributed by atoms with E-state index >= 15 is 0 Å². The van der Waals surface area contributed by atoms with E-state index in [2.05, 4.69) is 20.1 Å². The van der Waals surface area contributed by atoms with Crippen molar-refractivity contribution in [1.82, 2.24) is 25.0 Å². The minimum Gasteiger partial charge on any atom is -0.497 e. The van der Waals surface area contributed by atoms with Crippen LogP contribution in [0.1, 0.15) is 48.9 Å². The van der Waals surface area contributed by atoms with Gasteiger partial charge in [-0.2, -0.15) is 0 Å². The molecule has 1 fully saturated rings. The van der Waals surface area contributed by atoms with Crippen molar-refractivity contribution in [1.29, 1.82) is 0 Å². The van der Waals surface area contributed by atoms with Gasteiger partial charge < -0.3 is 19.5 Å². The summed E-state index contributed by atoms with van der Waals surface area (Å²) in [6.07, 6.45) is 4.83. The Balaban J connectivity index is 1.34. The molecule has 2 aromatic rings. The molecule has 7 heteroatoms. The number of carbonyl (C=O) groups excluding carboxylic acids is 1. The highest BCUT2D eigenvalue weighted by Gasteiger charge is 2.28. The molecule has 1 N–H and O–H groups in total. The molecule has 1 saturated heterocycles. The Hall–Kier alpha value is -2.41. The Morgan fingerprint density at radius 1 is 1.22 bits per heavy atom. The fourth-order valence-electron chi connectivity index (χ4n) is 3.92. The SMILES string of the molecule is COc1ccc(CCC(=O)N2CCn3c(nnc3C3CCCCN3)C2)cc1. The van der Waals surface area contributed by atoms with Gasteiger partial charge in [-0.25, -0.2) is 0 Å². The molecule has 4 rings (SSSR count). The summed E-state index contributed by atoms with van der Waals surface area (Å²) < 4.78 is 7.38. The summed E-state index contributed by atoms with van der Waals surface area (Å²) in [6.45, 7) is 3.11. The van der Waals surface area contributed by atoms with Crippen molar-refractivity contribution >= 4 is 5.91 Å². The third-order valence-electron chi connectivity index (χ3n) is 5.54. The minimum atomic E-state index is 0.178. The summed E-state index contributed by atoms with van der Waals surface area (Å²) in [5.41, 5.74) is 1.15. The lowest BCUT2D eigenvalue weighted by Crippen LogP contribution is -2.39. The second-order valence-electron chi connectivity index (χ2n) is 7.29. The number of benzene rings is 1. The maximum atomic E-state index is 12.6. The number of fused-ring (bicyclic) bond motifs is 1. The van der Waals surface area contributed by atoms with E-state index in [1.165, 1.54) is 12.8 Å². The molecular weight excluding hydrogens is 342 g/mol. The van der Waals surface area contributed by atoms with E-state index in [1.807, 2.05) is 29.2 Å². The van der Waals surface area contributed by atoms with Crippen molar-refractivity contribution in [3.63, 3.8) is 0 Å². The number of amides is 1. The van der Waals surface area contributed by atoms with Gasteiger partial charge in [-0.3, -0.25) is 4.79 Å². The topological polar surface area (TPSA) is 72.3 Å². The Morgan fingerprint density at radius 2 is 2.07 bits per heavy atom. The van der Waals surface area contributed by atoms with Crippen LogP contribution in [0.3, 0.4) is 0 Å². The quantitative estimate of drug-likeness (QED) is 0.874. The average molecular weight is 369 g/mol. The zero-order valence-electron chi connectivity index (χ0n) is 15.9. The molecule has 0 saturated carbocycles. The molecule has 0 aliphatic carbocycles. The summed E-state index contributed by atoms with van der Waals surface area (Å²) in [7, 11) is 1.66. The van der Waals surface area contributed by atoms with Crippen LogP contribution in [0.4, 0.5) is 0 Å². The summed E-state index contributed by atoms with van der Waals surface area (Å²) in [5, 5.41) is 12.3. The monoisotopic (exact) mass is 369 g/mol. The molecule has 7 nitrogen and oxygen atoms in total. The highest BCUT2D eigenvalue weighted by atomic mass is 16.5. The summed E-state index contributed by atoms with van der Waals surface area (Å²) in [4.78, 5) is 14.6. The first-order valence-corrected chi connectivity index (χ1v) is 9.80. The van der Waals surface area contributed by atoms with Gasteiger partial charge in [0.2, 0.25) is 5.91 Å². The molecule has 144 valence electrons. The van der Waals surface area contributed by atoms with Gasteiger partial charge >= 0.3 is 0 Å². The normalized spacial score (nSPS) is 19.6. The fourth-order valence-corrected chi connectivity index (χ4v) is 3.92. The lowest BCUT2D eigenvalue weighted by Gasteiger charge is -2.30. The molecule has 1 atom stereocenters. The number of carbonyl (C=O) groups is 1. The van der Waals surface area contributed by atoms with Gasteiger partial charge in [0.15, 0.2) is 5.82 Å². The first kappa shape index (κ1) is 18.0. The number of aromatic nitrogens is 3. The summed E-state index contributed by atoms with van der Waals surface area (Å²) in [5.74, 6) is 2.96. The average Bonchev–Trinajstić information content (AvgIpc) is 3.16. The number of hydrogen-bond donors (Lipinski definition) is 1. The van der Waals surface area contributed by atoms with Crippen LogP contribution in [0, 0.1) is 0 Å². The largest absolute Gasteiger partial charge is 0.497 e. The van der Waals surface area contributed by atoms with Crippen molar-refractivity contribution in [2.24, 2.45) is 0 Å². The molecule has 0 radical (unpaired) electrons. The highest BCUT2D eigenvalue weighted by Crippen LogP contribution is 2.24. The van der Waals surface area contributed by atoms with E-state index in [4.69, 9.17) is 4.74 Å². The van der Waals surface area contributed by atoms with E-state index in [-0.39, 0.29) is 5.91 Å². The molecule has 1 aromatic heterocycles. The predicted octanol–water partition coefficient (Wildman–Crippen LogP) is 2.08. The highest BCUT2D eigenvalue weighted by molar-refractivity contribution is 5.76. The van der Waals surface area contributed by atoms with Crippen LogP contribution < -0.4 is 10.1 Å². The number of nitrogens with zero attached hydrogens (tertiary/aromatic N) is 4. The van der Waals surface area contributed by atoms with Gasteiger partial charge in [0.25, 0.3) is 0 Å². The Labute approximate surface area is 159 Å². The minimum absolute atomic E-state index is 0.178. The Bertz CT molecular complexity index is 780. The molecule has 0 spiro atoms. The number of methoxy groups -OCH3 is 1. The van der Waals surface area contributed by atoms with Crippen LogP contribution in [-0.4, -0.2) is 45.8 Å². The third kappa shape index (κ3) is 3.98. The van der Waals surface area contributed by atoms with Gasteiger partial charge in [-0.1, -0.05) is 18.6 Å². The van der Waals surface area contributed by atoms with Crippen LogP contribution >= 0.6 is 0 Å². The molecule has 1 amide bonds. The lowest BCUT2D eigenvalue weighted by atomic mass is 10.0. The number of hydrogen-bond acceptors (Lipinski definition) is 5. The van der Waals surface area contributed by atoms with Gasteiger partial charge in [0.1, 0.15) is 11.6 Å². The molecular formula is C20H27N5O2. The van der Waals surface area contributed by atoms with Crippen LogP contribution in [0.2, 0.25) is 0 Å². The van der Waals surface area contributed by atoms with Crippen LogP contribution in [0.15, 0.2) is 24.3 Å². The molecule has 0 bridgehead atoms. The molecule has 3 heterocycles. The smallest absolute Gasteiger partial charge is 0.223 e. The van der Waals surface area contributed by atoms with Crippen molar-refractivity contribution in [3.8, 4) is 5.75 Å².